The maximum atomic E-state index is 13.8. The summed E-state index contributed by atoms with van der Waals surface area (Å²) in [5.41, 5.74) is 2.05. The van der Waals surface area contributed by atoms with Crippen molar-refractivity contribution < 1.29 is 28.8 Å². The summed E-state index contributed by atoms with van der Waals surface area (Å²) in [7, 11) is 1.49. The van der Waals surface area contributed by atoms with Crippen molar-refractivity contribution in [3.05, 3.63) is 101 Å². The second kappa shape index (κ2) is 14.8. The van der Waals surface area contributed by atoms with E-state index in [0.717, 1.165) is 22.2 Å². The number of hydrogen-bond acceptors (Lipinski definition) is 7. The van der Waals surface area contributed by atoms with E-state index >= 15 is 0 Å². The predicted molar refractivity (Wildman–Crippen MR) is 173 cm³/mol. The summed E-state index contributed by atoms with van der Waals surface area (Å²) in [6, 6.07) is 20.2. The Morgan fingerprint density at radius 1 is 0.756 bits per heavy atom. The van der Waals surface area contributed by atoms with Crippen LogP contribution in [-0.2, 0) is 25.6 Å². The number of carbonyl (C=O) groups excluding carboxylic acids is 6. The molecule has 2 unspecified atom stereocenters. The average Bonchev–Trinajstić information content (AvgIpc) is 3.28. The fourth-order valence-electron chi connectivity index (χ4n) is 5.15. The van der Waals surface area contributed by atoms with Gasteiger partial charge in [0.25, 0.3) is 11.8 Å². The van der Waals surface area contributed by atoms with Crippen molar-refractivity contribution in [3.8, 4) is 0 Å². The summed E-state index contributed by atoms with van der Waals surface area (Å²) in [4.78, 5) is 79.6. The van der Waals surface area contributed by atoms with Crippen molar-refractivity contribution in [3.63, 3.8) is 0 Å². The molecule has 0 fully saturated rings. The molecule has 0 saturated carbocycles. The van der Waals surface area contributed by atoms with Crippen molar-refractivity contribution in [1.82, 2.24) is 16.0 Å². The highest BCUT2D eigenvalue weighted by Gasteiger charge is 2.37. The molecule has 1 aliphatic rings. The molecule has 3 N–H and O–H groups in total. The van der Waals surface area contributed by atoms with Gasteiger partial charge < -0.3 is 16.0 Å². The number of nitrogens with one attached hydrogen (secondary N) is 3. The van der Waals surface area contributed by atoms with E-state index in [9.17, 15) is 28.8 Å². The minimum atomic E-state index is -1.08. The number of likely N-dealkylation sites (N-methyl/N-ethyl adjacent to an activating group) is 1. The first-order chi connectivity index (χ1) is 21.5. The summed E-state index contributed by atoms with van der Waals surface area (Å²) >= 11 is 0.763. The van der Waals surface area contributed by atoms with Gasteiger partial charge >= 0.3 is 0 Å². The number of thioether (sulfide) groups is 1. The molecule has 3 aromatic carbocycles. The number of rotatable bonds is 12. The van der Waals surface area contributed by atoms with Crippen molar-refractivity contribution in [1.29, 1.82) is 0 Å². The van der Waals surface area contributed by atoms with Crippen molar-refractivity contribution in [2.24, 2.45) is 5.92 Å². The molecule has 0 spiro atoms. The maximum Gasteiger partial charge on any atom is 0.266 e. The van der Waals surface area contributed by atoms with Crippen LogP contribution in [0.2, 0.25) is 0 Å². The molecule has 10 nitrogen and oxygen atoms in total. The molecule has 0 aromatic heterocycles. The van der Waals surface area contributed by atoms with E-state index in [-0.39, 0.29) is 46.6 Å². The summed E-state index contributed by atoms with van der Waals surface area (Å²) in [6.07, 6.45) is 0.526. The topological polar surface area (TPSA) is 142 Å². The summed E-state index contributed by atoms with van der Waals surface area (Å²) in [5, 5.41) is 6.74. The Hall–Kier alpha value is -4.77. The van der Waals surface area contributed by atoms with E-state index in [2.05, 4.69) is 16.0 Å². The van der Waals surface area contributed by atoms with Crippen molar-refractivity contribution in [2.45, 2.75) is 50.9 Å². The van der Waals surface area contributed by atoms with Gasteiger partial charge in [-0.25, -0.2) is 4.90 Å². The third-order valence-electron chi connectivity index (χ3n) is 7.25. The van der Waals surface area contributed by atoms with E-state index in [4.69, 9.17) is 0 Å². The number of anilines is 1. The number of hydrogen-bond donors (Lipinski definition) is 3. The lowest BCUT2D eigenvalue weighted by molar-refractivity contribution is -0.132. The summed E-state index contributed by atoms with van der Waals surface area (Å²) in [5.74, 6) is -2.48. The Balaban J connectivity index is 1.58. The smallest absolute Gasteiger partial charge is 0.266 e. The molecular weight excluding hydrogens is 592 g/mol. The van der Waals surface area contributed by atoms with Gasteiger partial charge in [-0.3, -0.25) is 28.8 Å². The first kappa shape index (κ1) is 33.1. The van der Waals surface area contributed by atoms with Crippen LogP contribution in [0.4, 0.5) is 5.69 Å². The molecule has 5 amide bonds. The van der Waals surface area contributed by atoms with E-state index in [0.29, 0.717) is 5.56 Å². The second-order valence-electron chi connectivity index (χ2n) is 11.1. The van der Waals surface area contributed by atoms with Gasteiger partial charge in [-0.05, 0) is 47.7 Å². The third-order valence-corrected chi connectivity index (χ3v) is 8.30. The zero-order chi connectivity index (χ0) is 32.7. The van der Waals surface area contributed by atoms with Crippen LogP contribution in [0, 0.1) is 5.92 Å². The zero-order valence-corrected chi connectivity index (χ0v) is 26.4. The lowest BCUT2D eigenvalue weighted by Crippen LogP contribution is -2.54. The van der Waals surface area contributed by atoms with Gasteiger partial charge in [0.1, 0.15) is 17.3 Å². The predicted octanol–water partition coefficient (Wildman–Crippen LogP) is 3.81. The van der Waals surface area contributed by atoms with Crippen LogP contribution in [-0.4, -0.2) is 53.8 Å². The Labute approximate surface area is 266 Å². The molecule has 0 bridgehead atoms. The molecule has 45 heavy (non-hydrogen) atoms. The van der Waals surface area contributed by atoms with Gasteiger partial charge in [0.2, 0.25) is 17.7 Å². The standard InChI is InChI=1S/C34H36N4O6S/c1-20(2)17-27(31(41)36-28(30(40)35-4)18-22-11-6-5-7-12-22)37-32(42)29(45-21(3)39)23-13-10-14-24(19-23)38-33(43)25-15-8-9-16-26(25)34(38)44/h5-16,19-20,27-29H,17-18H2,1-4H3,(H,35,40)(H,36,41)(H,37,42)/t27?,28-,29?/m0/s1. The summed E-state index contributed by atoms with van der Waals surface area (Å²) in [6.45, 7) is 5.13. The van der Waals surface area contributed by atoms with E-state index in [1.54, 1.807) is 42.5 Å². The van der Waals surface area contributed by atoms with Gasteiger partial charge in [-0.15, -0.1) is 0 Å². The quantitative estimate of drug-likeness (QED) is 0.259. The van der Waals surface area contributed by atoms with Crippen LogP contribution >= 0.6 is 11.8 Å². The highest BCUT2D eigenvalue weighted by molar-refractivity contribution is 8.14. The van der Waals surface area contributed by atoms with Gasteiger partial charge in [-0.1, -0.05) is 80.2 Å². The van der Waals surface area contributed by atoms with Gasteiger partial charge in [0.05, 0.1) is 16.8 Å². The van der Waals surface area contributed by atoms with Gasteiger partial charge in [0, 0.05) is 20.4 Å². The number of carbonyl (C=O) groups is 6. The van der Waals surface area contributed by atoms with E-state index in [1.165, 1.54) is 20.0 Å². The molecule has 4 rings (SSSR count). The maximum absolute atomic E-state index is 13.8. The summed E-state index contributed by atoms with van der Waals surface area (Å²) < 4.78 is 0. The monoisotopic (exact) mass is 628 g/mol. The van der Waals surface area contributed by atoms with Crippen molar-refractivity contribution in [2.75, 3.05) is 11.9 Å². The molecule has 1 aliphatic heterocycles. The lowest BCUT2D eigenvalue weighted by atomic mass is 10.0. The second-order valence-corrected chi connectivity index (χ2v) is 12.4. The van der Waals surface area contributed by atoms with Crippen molar-refractivity contribution >= 4 is 52.1 Å². The molecule has 0 radical (unpaired) electrons. The molecule has 1 heterocycles. The highest BCUT2D eigenvalue weighted by Crippen LogP contribution is 2.34. The Kier molecular flexibility index (Phi) is 10.9. The van der Waals surface area contributed by atoms with Gasteiger partial charge in [0.15, 0.2) is 5.12 Å². The Morgan fingerprint density at radius 2 is 1.36 bits per heavy atom. The number of amides is 5. The third kappa shape index (κ3) is 8.04. The number of benzene rings is 3. The lowest BCUT2D eigenvalue weighted by Gasteiger charge is -2.26. The van der Waals surface area contributed by atoms with Crippen LogP contribution in [0.3, 0.4) is 0 Å². The van der Waals surface area contributed by atoms with E-state index < -0.39 is 41.0 Å². The van der Waals surface area contributed by atoms with Gasteiger partial charge in [-0.2, -0.15) is 0 Å². The zero-order valence-electron chi connectivity index (χ0n) is 25.5. The van der Waals surface area contributed by atoms with Crippen LogP contribution in [0.5, 0.6) is 0 Å². The first-order valence-electron chi connectivity index (χ1n) is 14.6. The Morgan fingerprint density at radius 3 is 1.93 bits per heavy atom. The van der Waals surface area contributed by atoms with Crippen LogP contribution in [0.25, 0.3) is 0 Å². The van der Waals surface area contributed by atoms with E-state index in [1.807, 2.05) is 44.2 Å². The fraction of sp³-hybridized carbons (Fsp3) is 0.294. The molecule has 0 saturated heterocycles. The molecule has 0 aliphatic carbocycles. The Bertz CT molecular complexity index is 1570. The minimum Gasteiger partial charge on any atom is -0.357 e. The van der Waals surface area contributed by atoms with Crippen LogP contribution in [0.15, 0.2) is 78.9 Å². The molecule has 3 aromatic rings. The fourth-order valence-corrected chi connectivity index (χ4v) is 5.94. The highest BCUT2D eigenvalue weighted by atomic mass is 32.2. The number of nitrogens with zero attached hydrogens (tertiary/aromatic N) is 1. The van der Waals surface area contributed by atoms with Crippen LogP contribution < -0.4 is 20.9 Å². The molecule has 234 valence electrons. The molecule has 11 heteroatoms. The first-order valence-corrected chi connectivity index (χ1v) is 15.5. The normalized spacial score (nSPS) is 14.4. The molecule has 3 atom stereocenters. The number of fused-ring (bicyclic) bond motifs is 1. The molecular formula is C34H36N4O6S. The van der Waals surface area contributed by atoms with Crippen LogP contribution in [0.1, 0.15) is 64.3 Å². The number of imide groups is 1. The SMILES string of the molecule is CNC(=O)[C@H](Cc1ccccc1)NC(=O)C(CC(C)C)NC(=O)C(SC(C)=O)c1cccc(N2C(=O)c3ccccc3C2=O)c1. The average molecular weight is 629 g/mol. The largest absolute Gasteiger partial charge is 0.357 e. The minimum absolute atomic E-state index is 0.00434.